The van der Waals surface area contributed by atoms with E-state index in [2.05, 4.69) is 0 Å². The minimum absolute atomic E-state index is 0.188. The Kier molecular flexibility index (Phi) is 7.84. The van der Waals surface area contributed by atoms with Crippen molar-refractivity contribution in [2.24, 2.45) is 0 Å². The largest absolute Gasteiger partial charge is 0.465 e. The van der Waals surface area contributed by atoms with E-state index in [4.69, 9.17) is 20.3 Å². The first-order valence-electron chi connectivity index (χ1n) is 6.47. The van der Waals surface area contributed by atoms with Gasteiger partial charge in [-0.25, -0.2) is 0 Å². The van der Waals surface area contributed by atoms with E-state index in [-0.39, 0.29) is 5.15 Å². The lowest BCUT2D eigenvalue weighted by Crippen LogP contribution is -2.44. The molecule has 4 N–H and O–H groups in total. The molecule has 0 bridgehead atoms. The first-order valence-corrected chi connectivity index (χ1v) is 7.35. The van der Waals surface area contributed by atoms with Gasteiger partial charge in [0.2, 0.25) is 0 Å². The molecule has 1 aromatic rings. The molecule has 0 aliphatic rings. The summed E-state index contributed by atoms with van der Waals surface area (Å²) in [5.74, 6) is 0. The van der Waals surface area contributed by atoms with Gasteiger partial charge in [0.05, 0.1) is 11.2 Å². The van der Waals surface area contributed by atoms with Crippen LogP contribution >= 0.6 is 11.8 Å². The van der Waals surface area contributed by atoms with Gasteiger partial charge in [-0.1, -0.05) is 25.1 Å². The van der Waals surface area contributed by atoms with Gasteiger partial charge in [0.1, 0.15) is 0 Å². The van der Waals surface area contributed by atoms with Crippen LogP contribution in [0.25, 0.3) is 0 Å². The lowest BCUT2D eigenvalue weighted by atomic mass is 9.87. The van der Waals surface area contributed by atoms with Crippen LogP contribution in [-0.4, -0.2) is 43.7 Å². The van der Waals surface area contributed by atoms with Crippen molar-refractivity contribution in [2.75, 3.05) is 0 Å². The Morgan fingerprint density at radius 3 is 1.65 bits per heavy atom. The zero-order valence-electron chi connectivity index (χ0n) is 12.7. The molecule has 6 heteroatoms. The molecular weight excluding hydrogens is 275 g/mol. The molecule has 1 unspecified atom stereocenters. The third kappa shape index (κ3) is 7.92. The fraction of sp³-hybridized carbons (Fsp3) is 0.571. The van der Waals surface area contributed by atoms with E-state index in [0.29, 0.717) is 0 Å². The maximum atomic E-state index is 9.10. The maximum absolute atomic E-state index is 9.10. The average molecular weight is 300 g/mol. The number of hydrogen-bond acceptors (Lipinski definition) is 5. The maximum Gasteiger partial charge on any atom is 0.465 e. The van der Waals surface area contributed by atoms with Gasteiger partial charge in [-0.05, 0) is 39.8 Å². The van der Waals surface area contributed by atoms with E-state index in [9.17, 15) is 0 Å². The minimum Gasteiger partial charge on any atom is -0.426 e. The van der Waals surface area contributed by atoms with Gasteiger partial charge in [-0.15, -0.1) is 11.8 Å². The molecule has 4 nitrogen and oxygen atoms in total. The van der Waals surface area contributed by atoms with Crippen LogP contribution in [0.3, 0.4) is 0 Å². The number of hydrogen-bond donors (Lipinski definition) is 4. The molecule has 0 aliphatic carbocycles. The highest BCUT2D eigenvalue weighted by molar-refractivity contribution is 8.01. The summed E-state index contributed by atoms with van der Waals surface area (Å²) < 4.78 is 0. The summed E-state index contributed by atoms with van der Waals surface area (Å²) in [5, 5.41) is 35.7. The summed E-state index contributed by atoms with van der Waals surface area (Å²) in [6.07, 6.45) is 0. The number of benzene rings is 1. The van der Waals surface area contributed by atoms with Gasteiger partial charge in [0.15, 0.2) is 0 Å². The lowest BCUT2D eigenvalue weighted by Gasteiger charge is -2.31. The van der Waals surface area contributed by atoms with Gasteiger partial charge in [0, 0.05) is 10.0 Å². The SMILES string of the molecule is CC(C)(O)C(C)(C)O.CC(Sc1ccccc1)B(O)O. The molecular formula is C14H25BO4S. The van der Waals surface area contributed by atoms with Crippen molar-refractivity contribution in [2.45, 2.75) is 55.9 Å². The number of thioether (sulfide) groups is 1. The Hall–Kier alpha value is -0.525. The molecule has 20 heavy (non-hydrogen) atoms. The highest BCUT2D eigenvalue weighted by Gasteiger charge is 2.31. The van der Waals surface area contributed by atoms with Crippen molar-refractivity contribution in [3.8, 4) is 0 Å². The molecule has 0 radical (unpaired) electrons. The summed E-state index contributed by atoms with van der Waals surface area (Å²) >= 11 is 1.45. The highest BCUT2D eigenvalue weighted by Crippen LogP contribution is 2.22. The molecule has 0 aromatic heterocycles. The highest BCUT2D eigenvalue weighted by atomic mass is 32.2. The molecule has 1 aromatic carbocycles. The summed E-state index contributed by atoms with van der Waals surface area (Å²) in [6, 6.07) is 9.69. The van der Waals surface area contributed by atoms with E-state index in [1.807, 2.05) is 30.3 Å². The van der Waals surface area contributed by atoms with Gasteiger partial charge < -0.3 is 20.3 Å². The van der Waals surface area contributed by atoms with Crippen LogP contribution in [0.5, 0.6) is 0 Å². The summed E-state index contributed by atoms with van der Waals surface area (Å²) in [4.78, 5) is 1.05. The molecule has 1 rings (SSSR count). The molecule has 114 valence electrons. The van der Waals surface area contributed by atoms with Crippen molar-refractivity contribution in [1.82, 2.24) is 0 Å². The molecule has 0 saturated carbocycles. The molecule has 0 heterocycles. The van der Waals surface area contributed by atoms with E-state index in [0.717, 1.165) is 4.90 Å². The zero-order valence-corrected chi connectivity index (χ0v) is 13.6. The van der Waals surface area contributed by atoms with E-state index >= 15 is 0 Å². The van der Waals surface area contributed by atoms with Gasteiger partial charge in [-0.2, -0.15) is 0 Å². The number of rotatable bonds is 4. The summed E-state index contributed by atoms with van der Waals surface area (Å²) in [7, 11) is -1.25. The van der Waals surface area contributed by atoms with E-state index < -0.39 is 18.3 Å². The van der Waals surface area contributed by atoms with E-state index in [1.165, 1.54) is 11.8 Å². The topological polar surface area (TPSA) is 80.9 Å². The Morgan fingerprint density at radius 2 is 1.35 bits per heavy atom. The van der Waals surface area contributed by atoms with Crippen molar-refractivity contribution in [1.29, 1.82) is 0 Å². The molecule has 0 fully saturated rings. The van der Waals surface area contributed by atoms with Crippen molar-refractivity contribution < 1.29 is 20.3 Å². The fourth-order valence-corrected chi connectivity index (χ4v) is 1.64. The van der Waals surface area contributed by atoms with Gasteiger partial charge in [-0.3, -0.25) is 0 Å². The molecule has 0 saturated heterocycles. The Balaban J connectivity index is 0.000000396. The fourth-order valence-electron chi connectivity index (χ4n) is 0.775. The Bertz CT molecular complexity index is 359. The lowest BCUT2D eigenvalue weighted by molar-refractivity contribution is -0.107. The third-order valence-corrected chi connectivity index (χ3v) is 4.14. The second kappa shape index (κ2) is 8.05. The van der Waals surface area contributed by atoms with Crippen LogP contribution < -0.4 is 0 Å². The Labute approximate surface area is 126 Å². The van der Waals surface area contributed by atoms with Crippen LogP contribution in [0.1, 0.15) is 34.6 Å². The second-order valence-electron chi connectivity index (χ2n) is 5.67. The first-order chi connectivity index (χ1) is 8.95. The van der Waals surface area contributed by atoms with Gasteiger partial charge in [0.25, 0.3) is 0 Å². The zero-order chi connectivity index (χ0) is 16.0. The molecule has 0 aliphatic heterocycles. The first kappa shape index (κ1) is 19.5. The van der Waals surface area contributed by atoms with E-state index in [1.54, 1.807) is 34.6 Å². The minimum atomic E-state index is -1.25. The van der Waals surface area contributed by atoms with Crippen molar-refractivity contribution in [3.05, 3.63) is 30.3 Å². The summed E-state index contributed by atoms with van der Waals surface area (Å²) in [6.45, 7) is 8.09. The predicted molar refractivity (Wildman–Crippen MR) is 84.5 cm³/mol. The standard InChI is InChI=1S/C8H11BO2S.C6H14O2/c1-7(9(10)11)12-8-5-3-2-4-6-8;1-5(2,7)6(3,4)8/h2-7,10-11H,1H3;7-8H,1-4H3. The predicted octanol–water partition coefficient (Wildman–Crippen LogP) is 1.71. The van der Waals surface area contributed by atoms with Crippen LogP contribution in [0.4, 0.5) is 0 Å². The molecule has 0 spiro atoms. The average Bonchev–Trinajstić information content (AvgIpc) is 2.28. The molecule has 0 amide bonds. The monoisotopic (exact) mass is 300 g/mol. The second-order valence-corrected chi connectivity index (χ2v) is 7.12. The van der Waals surface area contributed by atoms with Crippen LogP contribution in [-0.2, 0) is 0 Å². The number of aliphatic hydroxyl groups is 2. The van der Waals surface area contributed by atoms with Crippen LogP contribution in [0, 0.1) is 0 Å². The Morgan fingerprint density at radius 1 is 0.950 bits per heavy atom. The smallest absolute Gasteiger partial charge is 0.426 e. The van der Waals surface area contributed by atoms with Gasteiger partial charge >= 0.3 is 7.12 Å². The summed E-state index contributed by atoms with van der Waals surface area (Å²) in [5.41, 5.74) is -2.01. The van der Waals surface area contributed by atoms with Crippen LogP contribution in [0.15, 0.2) is 35.2 Å². The van der Waals surface area contributed by atoms with Crippen LogP contribution in [0.2, 0.25) is 0 Å². The van der Waals surface area contributed by atoms with Crippen molar-refractivity contribution >= 4 is 18.9 Å². The van der Waals surface area contributed by atoms with Crippen molar-refractivity contribution in [3.63, 3.8) is 0 Å². The third-order valence-electron chi connectivity index (χ3n) is 2.98. The normalized spacial score (nSPS) is 13.2. The quantitative estimate of drug-likeness (QED) is 0.503. The molecule has 1 atom stereocenters.